The zero-order chi connectivity index (χ0) is 13.2. The topological polar surface area (TPSA) is 12.9 Å². The van der Waals surface area contributed by atoms with Crippen LogP contribution in [0.5, 0.6) is 0 Å². The number of benzene rings is 1. The quantitative estimate of drug-likeness (QED) is 0.575. The minimum absolute atomic E-state index is 0.928. The lowest BCUT2D eigenvalue weighted by molar-refractivity contribution is 0.856. The smallest absolute Gasteiger partial charge is 0.0300 e. The van der Waals surface area contributed by atoms with Crippen molar-refractivity contribution in [3.05, 3.63) is 66.0 Å². The van der Waals surface area contributed by atoms with Gasteiger partial charge < -0.3 is 0 Å². The van der Waals surface area contributed by atoms with Gasteiger partial charge in [0.15, 0.2) is 0 Å². The van der Waals surface area contributed by atoms with Crippen LogP contribution in [0.2, 0.25) is 0 Å². The highest BCUT2D eigenvalue weighted by Crippen LogP contribution is 2.04. The highest BCUT2D eigenvalue weighted by Gasteiger charge is 1.90. The number of unbranched alkanes of at least 4 members (excludes halogenated alkanes) is 1. The van der Waals surface area contributed by atoms with E-state index in [0.29, 0.717) is 0 Å². The van der Waals surface area contributed by atoms with Gasteiger partial charge in [0.05, 0.1) is 0 Å². The third-order valence-corrected chi connectivity index (χ3v) is 3.00. The van der Waals surface area contributed by atoms with Gasteiger partial charge in [-0.25, -0.2) is 0 Å². The molecule has 0 aliphatic heterocycles. The monoisotopic (exact) mass is 249 g/mol. The Hall–Kier alpha value is -2.07. The van der Waals surface area contributed by atoms with Crippen LogP contribution >= 0.6 is 0 Å². The summed E-state index contributed by atoms with van der Waals surface area (Å²) < 4.78 is 0. The summed E-state index contributed by atoms with van der Waals surface area (Å²) in [5, 5.41) is 0. The zero-order valence-electron chi connectivity index (χ0n) is 11.2. The molecule has 2 aromatic rings. The molecule has 96 valence electrons. The Kier molecular flexibility index (Phi) is 5.70. The van der Waals surface area contributed by atoms with Crippen molar-refractivity contribution in [2.24, 2.45) is 0 Å². The molecule has 1 aromatic carbocycles. The van der Waals surface area contributed by atoms with E-state index < -0.39 is 0 Å². The van der Waals surface area contributed by atoms with E-state index in [1.807, 2.05) is 12.3 Å². The van der Waals surface area contributed by atoms with Gasteiger partial charge in [0.25, 0.3) is 0 Å². The summed E-state index contributed by atoms with van der Waals surface area (Å²) >= 11 is 0. The van der Waals surface area contributed by atoms with E-state index in [9.17, 15) is 0 Å². The normalized spacial score (nSPS) is 9.68. The Morgan fingerprint density at radius 2 is 1.58 bits per heavy atom. The largest absolute Gasteiger partial charge is 0.264 e. The van der Waals surface area contributed by atoms with Crippen LogP contribution in [0.4, 0.5) is 0 Å². The molecule has 1 heterocycles. The Labute approximate surface area is 115 Å². The number of aryl methyl sites for hydroxylation is 2. The first kappa shape index (κ1) is 13.4. The number of nitrogens with zero attached hydrogens (tertiary/aromatic N) is 1. The van der Waals surface area contributed by atoms with Crippen molar-refractivity contribution in [2.75, 3.05) is 0 Å². The summed E-state index contributed by atoms with van der Waals surface area (Å²) in [6, 6.07) is 14.7. The van der Waals surface area contributed by atoms with Crippen molar-refractivity contribution in [1.29, 1.82) is 0 Å². The standard InChI is InChI=1S/C18H19N/c1(2-5-10-17-11-7-4-8-12-17)3-6-13-18-14-9-15-19-16-18/h4,7-9,11-12,14-16H,2,5-6,10,13H2. The first-order valence-corrected chi connectivity index (χ1v) is 6.84. The van der Waals surface area contributed by atoms with Gasteiger partial charge >= 0.3 is 0 Å². The summed E-state index contributed by atoms with van der Waals surface area (Å²) in [5.41, 5.74) is 2.67. The van der Waals surface area contributed by atoms with Gasteiger partial charge in [0.2, 0.25) is 0 Å². The van der Waals surface area contributed by atoms with Crippen LogP contribution in [0.15, 0.2) is 54.9 Å². The molecule has 0 unspecified atom stereocenters. The predicted molar refractivity (Wildman–Crippen MR) is 79.7 cm³/mol. The molecule has 1 heteroatoms. The maximum absolute atomic E-state index is 4.10. The third kappa shape index (κ3) is 5.40. The molecule has 1 nitrogen and oxygen atoms in total. The van der Waals surface area contributed by atoms with Gasteiger partial charge in [0, 0.05) is 25.2 Å². The molecular formula is C18H19N. The molecule has 0 aliphatic carbocycles. The van der Waals surface area contributed by atoms with Crippen molar-refractivity contribution < 1.29 is 0 Å². The van der Waals surface area contributed by atoms with E-state index in [1.54, 1.807) is 6.20 Å². The summed E-state index contributed by atoms with van der Waals surface area (Å²) in [5.74, 6) is 6.50. The number of pyridine rings is 1. The van der Waals surface area contributed by atoms with Gasteiger partial charge in [-0.2, -0.15) is 0 Å². The average Bonchev–Trinajstić information content (AvgIpc) is 2.48. The molecule has 0 N–H and O–H groups in total. The minimum Gasteiger partial charge on any atom is -0.264 e. The molecule has 19 heavy (non-hydrogen) atoms. The summed E-state index contributed by atoms with van der Waals surface area (Å²) in [7, 11) is 0. The van der Waals surface area contributed by atoms with Crippen molar-refractivity contribution in [3.8, 4) is 11.8 Å². The van der Waals surface area contributed by atoms with Crippen LogP contribution in [-0.4, -0.2) is 4.98 Å². The van der Waals surface area contributed by atoms with Gasteiger partial charge in [0.1, 0.15) is 0 Å². The lowest BCUT2D eigenvalue weighted by Gasteiger charge is -1.97. The molecule has 0 aliphatic rings. The van der Waals surface area contributed by atoms with Gasteiger partial charge in [-0.1, -0.05) is 36.4 Å². The molecule has 0 saturated carbocycles. The Morgan fingerprint density at radius 3 is 2.37 bits per heavy atom. The fourth-order valence-corrected chi connectivity index (χ4v) is 1.96. The lowest BCUT2D eigenvalue weighted by atomic mass is 10.1. The first-order valence-electron chi connectivity index (χ1n) is 6.84. The maximum atomic E-state index is 4.10. The highest BCUT2D eigenvalue weighted by molar-refractivity contribution is 5.15. The molecule has 0 bridgehead atoms. The molecule has 0 spiro atoms. The number of hydrogen-bond donors (Lipinski definition) is 0. The molecule has 0 radical (unpaired) electrons. The second-order valence-corrected chi connectivity index (χ2v) is 4.55. The van der Waals surface area contributed by atoms with E-state index in [2.05, 4.69) is 53.2 Å². The summed E-state index contributed by atoms with van der Waals surface area (Å²) in [6.45, 7) is 0. The Bertz CT molecular complexity index is 520. The van der Waals surface area contributed by atoms with Gasteiger partial charge in [-0.05, 0) is 36.5 Å². The fourth-order valence-electron chi connectivity index (χ4n) is 1.96. The van der Waals surface area contributed by atoms with Crippen molar-refractivity contribution >= 4 is 0 Å². The Balaban J connectivity index is 1.60. The SMILES string of the molecule is C(#CCCc1cccnc1)CCCc1ccccc1. The summed E-state index contributed by atoms with van der Waals surface area (Å²) in [6.07, 6.45) is 8.90. The highest BCUT2D eigenvalue weighted by atomic mass is 14.6. The molecule has 2 rings (SSSR count). The second-order valence-electron chi connectivity index (χ2n) is 4.55. The van der Waals surface area contributed by atoms with E-state index >= 15 is 0 Å². The molecule has 0 fully saturated rings. The van der Waals surface area contributed by atoms with E-state index in [0.717, 1.165) is 32.1 Å². The molecule has 0 amide bonds. The van der Waals surface area contributed by atoms with Gasteiger partial charge in [-0.15, -0.1) is 11.8 Å². The average molecular weight is 249 g/mol. The van der Waals surface area contributed by atoms with Crippen LogP contribution in [0.1, 0.15) is 30.4 Å². The summed E-state index contributed by atoms with van der Waals surface area (Å²) in [4.78, 5) is 4.10. The number of hydrogen-bond acceptors (Lipinski definition) is 1. The first-order chi connectivity index (χ1) is 9.45. The fraction of sp³-hybridized carbons (Fsp3) is 0.278. The van der Waals surface area contributed by atoms with Crippen LogP contribution in [-0.2, 0) is 12.8 Å². The molecule has 0 atom stereocenters. The van der Waals surface area contributed by atoms with Crippen molar-refractivity contribution in [3.63, 3.8) is 0 Å². The van der Waals surface area contributed by atoms with Crippen molar-refractivity contribution in [1.82, 2.24) is 4.98 Å². The van der Waals surface area contributed by atoms with E-state index in [-0.39, 0.29) is 0 Å². The molecule has 0 saturated heterocycles. The third-order valence-electron chi connectivity index (χ3n) is 3.00. The van der Waals surface area contributed by atoms with Crippen LogP contribution in [0, 0.1) is 11.8 Å². The van der Waals surface area contributed by atoms with Gasteiger partial charge in [-0.3, -0.25) is 4.98 Å². The zero-order valence-corrected chi connectivity index (χ0v) is 11.2. The van der Waals surface area contributed by atoms with E-state index in [1.165, 1.54) is 11.1 Å². The molecular weight excluding hydrogens is 230 g/mol. The van der Waals surface area contributed by atoms with Crippen molar-refractivity contribution in [2.45, 2.75) is 32.1 Å². The minimum atomic E-state index is 0.928. The second kappa shape index (κ2) is 8.11. The molecule has 1 aromatic heterocycles. The van der Waals surface area contributed by atoms with Crippen LogP contribution in [0.3, 0.4) is 0 Å². The maximum Gasteiger partial charge on any atom is 0.0300 e. The predicted octanol–water partition coefficient (Wildman–Crippen LogP) is 4.04. The Morgan fingerprint density at radius 1 is 0.789 bits per heavy atom. The number of rotatable bonds is 5. The van der Waals surface area contributed by atoms with Crippen LogP contribution < -0.4 is 0 Å². The van der Waals surface area contributed by atoms with E-state index in [4.69, 9.17) is 0 Å². The lowest BCUT2D eigenvalue weighted by Crippen LogP contribution is -1.85. The van der Waals surface area contributed by atoms with Crippen LogP contribution in [0.25, 0.3) is 0 Å². The number of aromatic nitrogens is 1.